The molecule has 2 N–H and O–H groups in total. The van der Waals surface area contributed by atoms with E-state index in [1.807, 2.05) is 20.8 Å². The van der Waals surface area contributed by atoms with E-state index in [0.717, 1.165) is 13.2 Å². The first-order valence-electron chi connectivity index (χ1n) is 6.30. The van der Waals surface area contributed by atoms with E-state index >= 15 is 0 Å². The summed E-state index contributed by atoms with van der Waals surface area (Å²) in [6.45, 7) is 11.7. The van der Waals surface area contributed by atoms with Crippen LogP contribution in [0.3, 0.4) is 0 Å². The summed E-state index contributed by atoms with van der Waals surface area (Å²) >= 11 is 4.36. The first-order chi connectivity index (χ1) is 8.90. The van der Waals surface area contributed by atoms with Crippen LogP contribution >= 0.6 is 45.2 Å². The van der Waals surface area contributed by atoms with Gasteiger partial charge in [-0.3, -0.25) is 0 Å². The smallest absolute Gasteiger partial charge is 0.408 e. The third kappa shape index (κ3) is 5.38. The molecule has 0 saturated heterocycles. The van der Waals surface area contributed by atoms with Crippen molar-refractivity contribution >= 4 is 51.3 Å². The maximum atomic E-state index is 12.0. The summed E-state index contributed by atoms with van der Waals surface area (Å²) in [7, 11) is 0. The van der Waals surface area contributed by atoms with Gasteiger partial charge < -0.3 is 15.0 Å². The Kier molecular flexibility index (Phi) is 5.73. The molecule has 0 aliphatic rings. The van der Waals surface area contributed by atoms with Gasteiger partial charge in [0.2, 0.25) is 0 Å². The van der Waals surface area contributed by atoms with Crippen molar-refractivity contribution < 1.29 is 9.53 Å². The molecule has 0 fully saturated rings. The van der Waals surface area contributed by atoms with Crippen molar-refractivity contribution in [1.82, 2.24) is 15.3 Å². The van der Waals surface area contributed by atoms with Gasteiger partial charge in [0.15, 0.2) is 0 Å². The van der Waals surface area contributed by atoms with Crippen LogP contribution in [0.2, 0.25) is 0 Å². The fraction of sp³-hybridized carbons (Fsp3) is 0.692. The highest BCUT2D eigenvalue weighted by Crippen LogP contribution is 2.32. The fourth-order valence-electron chi connectivity index (χ4n) is 1.60. The van der Waals surface area contributed by atoms with Crippen LogP contribution in [0.1, 0.15) is 53.4 Å². The molecule has 0 unspecified atom stereocenters. The molecule has 1 rings (SSSR count). The number of imidazole rings is 1. The fourth-order valence-corrected chi connectivity index (χ4v) is 2.40. The van der Waals surface area contributed by atoms with Crippen LogP contribution in [-0.2, 0) is 4.74 Å². The van der Waals surface area contributed by atoms with Gasteiger partial charge in [0.05, 0.1) is 6.04 Å². The normalized spacial score (nSPS) is 14.0. The monoisotopic (exact) mass is 505 g/mol. The first kappa shape index (κ1) is 18.0. The van der Waals surface area contributed by atoms with Crippen LogP contribution in [0.4, 0.5) is 4.79 Å². The molecule has 0 aromatic carbocycles. The molecule has 1 atom stereocenters. The van der Waals surface area contributed by atoms with Gasteiger partial charge in [-0.1, -0.05) is 20.8 Å². The lowest BCUT2D eigenvalue weighted by Crippen LogP contribution is -2.40. The lowest BCUT2D eigenvalue weighted by molar-refractivity contribution is 0.0458. The summed E-state index contributed by atoms with van der Waals surface area (Å²) in [6.07, 6.45) is -0.432. The molecule has 0 saturated carbocycles. The van der Waals surface area contributed by atoms with Crippen LogP contribution < -0.4 is 5.32 Å². The zero-order chi connectivity index (χ0) is 15.7. The maximum absolute atomic E-state index is 12.0. The van der Waals surface area contributed by atoms with Crippen molar-refractivity contribution in [3.63, 3.8) is 0 Å². The molecule has 0 bridgehead atoms. The molecular weight excluding hydrogens is 484 g/mol. The maximum Gasteiger partial charge on any atom is 0.408 e. The Morgan fingerprint density at radius 3 is 2.15 bits per heavy atom. The average Bonchev–Trinajstić information content (AvgIpc) is 2.51. The minimum Gasteiger partial charge on any atom is -0.444 e. The second-order valence-electron chi connectivity index (χ2n) is 6.67. The van der Waals surface area contributed by atoms with Gasteiger partial charge in [-0.05, 0) is 71.4 Å². The SMILES string of the molecule is CC(C)(C)OC(=O)N[C@H](c1nc(I)c(I)[nH]1)C(C)(C)C. The van der Waals surface area contributed by atoms with E-state index in [1.54, 1.807) is 0 Å². The van der Waals surface area contributed by atoms with Crippen LogP contribution in [0.15, 0.2) is 0 Å². The molecule has 0 aliphatic carbocycles. The number of alkyl carbamates (subject to hydrolysis) is 1. The number of carbonyl (C=O) groups is 1. The number of aromatic amines is 1. The zero-order valence-corrected chi connectivity index (χ0v) is 16.9. The number of carbonyl (C=O) groups excluding carboxylic acids is 1. The van der Waals surface area contributed by atoms with E-state index in [4.69, 9.17) is 4.74 Å². The Balaban J connectivity index is 2.95. The summed E-state index contributed by atoms with van der Waals surface area (Å²) in [5.41, 5.74) is -0.695. The zero-order valence-electron chi connectivity index (χ0n) is 12.6. The second kappa shape index (κ2) is 6.37. The van der Waals surface area contributed by atoms with Gasteiger partial charge in [0, 0.05) is 0 Å². The molecule has 20 heavy (non-hydrogen) atoms. The Hall–Kier alpha value is -0.0600. The summed E-state index contributed by atoms with van der Waals surface area (Å²) in [4.78, 5) is 19.7. The van der Waals surface area contributed by atoms with E-state index in [-0.39, 0.29) is 11.5 Å². The number of ether oxygens (including phenoxy) is 1. The number of nitrogens with one attached hydrogen (secondary N) is 2. The van der Waals surface area contributed by atoms with Crippen molar-refractivity contribution in [2.24, 2.45) is 5.41 Å². The highest BCUT2D eigenvalue weighted by molar-refractivity contribution is 14.1. The number of nitrogens with zero attached hydrogens (tertiary/aromatic N) is 1. The molecular formula is C13H21I2N3O2. The number of aromatic nitrogens is 2. The number of H-pyrrole nitrogens is 1. The van der Waals surface area contributed by atoms with E-state index in [9.17, 15) is 4.79 Å². The minimum absolute atomic E-state index is 0.180. The molecule has 1 heterocycles. The van der Waals surface area contributed by atoms with Gasteiger partial charge in [-0.25, -0.2) is 9.78 Å². The third-order valence-electron chi connectivity index (χ3n) is 2.44. The predicted molar refractivity (Wildman–Crippen MR) is 95.6 cm³/mol. The molecule has 1 aromatic heterocycles. The van der Waals surface area contributed by atoms with E-state index < -0.39 is 11.7 Å². The molecule has 1 amide bonds. The molecule has 0 aliphatic heterocycles. The van der Waals surface area contributed by atoms with E-state index in [1.165, 1.54) is 0 Å². The minimum atomic E-state index is -0.515. The summed E-state index contributed by atoms with van der Waals surface area (Å²) in [6, 6.07) is -0.241. The van der Waals surface area contributed by atoms with Crippen molar-refractivity contribution in [2.45, 2.75) is 53.2 Å². The van der Waals surface area contributed by atoms with Gasteiger partial charge in [-0.15, -0.1) is 0 Å². The van der Waals surface area contributed by atoms with Crippen molar-refractivity contribution in [2.75, 3.05) is 0 Å². The number of hydrogen-bond acceptors (Lipinski definition) is 3. The highest BCUT2D eigenvalue weighted by Gasteiger charge is 2.32. The lowest BCUT2D eigenvalue weighted by Gasteiger charge is -2.31. The van der Waals surface area contributed by atoms with Crippen molar-refractivity contribution in [3.8, 4) is 0 Å². The topological polar surface area (TPSA) is 67.0 Å². The number of rotatable bonds is 2. The number of amides is 1. The average molecular weight is 505 g/mol. The van der Waals surface area contributed by atoms with Crippen LogP contribution in [0.5, 0.6) is 0 Å². The molecule has 0 spiro atoms. The third-order valence-corrected chi connectivity index (χ3v) is 5.03. The lowest BCUT2D eigenvalue weighted by atomic mass is 9.86. The Morgan fingerprint density at radius 1 is 1.25 bits per heavy atom. The number of halogens is 2. The molecule has 7 heteroatoms. The molecule has 1 aromatic rings. The second-order valence-corrected chi connectivity index (χ2v) is 8.77. The molecule has 114 valence electrons. The van der Waals surface area contributed by atoms with E-state index in [2.05, 4.69) is 81.2 Å². The van der Waals surface area contributed by atoms with E-state index in [0.29, 0.717) is 0 Å². The van der Waals surface area contributed by atoms with Gasteiger partial charge in [0.25, 0.3) is 0 Å². The summed E-state index contributed by atoms with van der Waals surface area (Å²) < 4.78 is 7.20. The Morgan fingerprint density at radius 2 is 1.80 bits per heavy atom. The standard InChI is InChI=1S/C13H21I2N3O2/c1-12(2,3)7(10-17-8(14)9(15)18-10)16-11(19)20-13(4,5)6/h7H,1-6H3,(H,16,19)(H,17,18)/t7-/m1/s1. The molecule has 5 nitrogen and oxygen atoms in total. The van der Waals surface area contributed by atoms with Gasteiger partial charge >= 0.3 is 6.09 Å². The Bertz CT molecular complexity index is 467. The van der Waals surface area contributed by atoms with Crippen molar-refractivity contribution in [3.05, 3.63) is 13.2 Å². The van der Waals surface area contributed by atoms with Gasteiger partial charge in [-0.2, -0.15) is 0 Å². The first-order valence-corrected chi connectivity index (χ1v) is 8.46. The summed E-state index contributed by atoms with van der Waals surface area (Å²) in [5, 5.41) is 2.91. The number of hydrogen-bond donors (Lipinski definition) is 2. The quantitative estimate of drug-likeness (QED) is 0.592. The summed E-state index contributed by atoms with van der Waals surface area (Å²) in [5.74, 6) is 0.747. The van der Waals surface area contributed by atoms with Crippen LogP contribution in [0.25, 0.3) is 0 Å². The van der Waals surface area contributed by atoms with Gasteiger partial charge in [0.1, 0.15) is 18.8 Å². The van der Waals surface area contributed by atoms with Crippen molar-refractivity contribution in [1.29, 1.82) is 0 Å². The Labute approximate surface area is 147 Å². The highest BCUT2D eigenvalue weighted by atomic mass is 127. The predicted octanol–water partition coefficient (Wildman–Crippen LogP) is 4.23. The van der Waals surface area contributed by atoms with Crippen LogP contribution in [-0.4, -0.2) is 21.7 Å². The van der Waals surface area contributed by atoms with Crippen LogP contribution in [0, 0.1) is 12.8 Å². The largest absolute Gasteiger partial charge is 0.444 e. The molecule has 0 radical (unpaired) electrons.